The molecule has 2 aromatic rings. The molecule has 0 radical (unpaired) electrons. The van der Waals surface area contributed by atoms with Crippen molar-refractivity contribution in [3.8, 4) is 0 Å². The summed E-state index contributed by atoms with van der Waals surface area (Å²) in [6.07, 6.45) is 3.88. The fourth-order valence-electron chi connectivity index (χ4n) is 3.10. The fraction of sp³-hybridized carbons (Fsp3) is 0.125. The molecule has 0 bridgehead atoms. The van der Waals surface area contributed by atoms with Crippen LogP contribution in [0.3, 0.4) is 0 Å². The lowest BCUT2D eigenvalue weighted by Gasteiger charge is -2.12. The van der Waals surface area contributed by atoms with Crippen LogP contribution in [0.5, 0.6) is 0 Å². The number of aromatic amines is 1. The van der Waals surface area contributed by atoms with Crippen molar-refractivity contribution in [2.45, 2.75) is 11.3 Å². The van der Waals surface area contributed by atoms with Gasteiger partial charge in [-0.3, -0.25) is 9.59 Å². The van der Waals surface area contributed by atoms with Gasteiger partial charge in [-0.25, -0.2) is 13.6 Å². The minimum absolute atomic E-state index is 0.0680. The van der Waals surface area contributed by atoms with Crippen LogP contribution in [0.15, 0.2) is 29.3 Å². The molecule has 128 valence electrons. The normalized spacial score (nSPS) is 17.9. The molecule has 2 aliphatic rings. The lowest BCUT2D eigenvalue weighted by Crippen LogP contribution is -2.31. The van der Waals surface area contributed by atoms with Crippen LogP contribution in [0.25, 0.3) is 11.6 Å². The zero-order valence-corrected chi connectivity index (χ0v) is 13.7. The summed E-state index contributed by atoms with van der Waals surface area (Å²) < 4.78 is 23.1. The van der Waals surface area contributed by atoms with Gasteiger partial charge in [0.1, 0.15) is 0 Å². The molecule has 2 aliphatic heterocycles. The summed E-state index contributed by atoms with van der Waals surface area (Å²) in [5.41, 5.74) is 3.33. The molecular formula is C16H14N4O4S. The minimum atomic E-state index is -3.88. The maximum atomic E-state index is 12.3. The second-order valence-corrected chi connectivity index (χ2v) is 7.43. The molecule has 3 heterocycles. The number of hydrogen-bond donors (Lipinski definition) is 4. The summed E-state index contributed by atoms with van der Waals surface area (Å²) in [5, 5.41) is 10.6. The van der Waals surface area contributed by atoms with Gasteiger partial charge in [0.25, 0.3) is 11.8 Å². The number of nitrogens with two attached hydrogens (primary N) is 1. The van der Waals surface area contributed by atoms with Gasteiger partial charge in [0.15, 0.2) is 0 Å². The first kappa shape index (κ1) is 15.6. The van der Waals surface area contributed by atoms with E-state index in [2.05, 4.69) is 15.6 Å². The number of nitrogens with one attached hydrogen (secondary N) is 3. The molecule has 4 rings (SSSR count). The third-order valence-corrected chi connectivity index (χ3v) is 5.23. The number of primary sulfonamides is 1. The highest BCUT2D eigenvalue weighted by Gasteiger charge is 2.27. The van der Waals surface area contributed by atoms with Gasteiger partial charge in [-0.2, -0.15) is 0 Å². The molecule has 8 nitrogen and oxygen atoms in total. The third kappa shape index (κ3) is 2.53. The van der Waals surface area contributed by atoms with Crippen molar-refractivity contribution < 1.29 is 18.0 Å². The number of benzene rings is 1. The number of carbonyl (C=O) groups is 2. The van der Waals surface area contributed by atoms with Gasteiger partial charge in [0, 0.05) is 29.7 Å². The van der Waals surface area contributed by atoms with Gasteiger partial charge < -0.3 is 15.6 Å². The lowest BCUT2D eigenvalue weighted by atomic mass is 10.00. The van der Waals surface area contributed by atoms with E-state index in [0.717, 1.165) is 5.56 Å². The van der Waals surface area contributed by atoms with Crippen molar-refractivity contribution in [1.29, 1.82) is 0 Å². The predicted molar refractivity (Wildman–Crippen MR) is 91.1 cm³/mol. The number of rotatable bonds is 2. The zero-order valence-electron chi connectivity index (χ0n) is 12.9. The van der Waals surface area contributed by atoms with Crippen LogP contribution in [-0.4, -0.2) is 31.8 Å². The Bertz CT molecular complexity index is 1070. The van der Waals surface area contributed by atoms with Crippen molar-refractivity contribution >= 4 is 39.2 Å². The molecule has 2 amide bonds. The Balaban J connectivity index is 1.84. The van der Waals surface area contributed by atoms with E-state index in [1.807, 2.05) is 0 Å². The van der Waals surface area contributed by atoms with Gasteiger partial charge in [-0.05, 0) is 36.3 Å². The average molecular weight is 358 g/mol. The number of fused-ring (bicyclic) bond motifs is 2. The molecule has 0 saturated carbocycles. The van der Waals surface area contributed by atoms with E-state index in [-0.39, 0.29) is 16.7 Å². The van der Waals surface area contributed by atoms with Crippen LogP contribution in [0.1, 0.15) is 27.2 Å². The third-order valence-electron chi connectivity index (χ3n) is 4.32. The van der Waals surface area contributed by atoms with E-state index in [4.69, 9.17) is 5.14 Å². The number of hydrogen-bond acceptors (Lipinski definition) is 4. The first-order chi connectivity index (χ1) is 11.8. The molecule has 1 aromatic heterocycles. The highest BCUT2D eigenvalue weighted by molar-refractivity contribution is 7.89. The first-order valence-corrected chi connectivity index (χ1v) is 9.08. The van der Waals surface area contributed by atoms with Crippen molar-refractivity contribution in [3.63, 3.8) is 0 Å². The van der Waals surface area contributed by atoms with Gasteiger partial charge >= 0.3 is 0 Å². The summed E-state index contributed by atoms with van der Waals surface area (Å²) in [7, 11) is -3.88. The summed E-state index contributed by atoms with van der Waals surface area (Å²) in [4.78, 5) is 27.1. The van der Waals surface area contributed by atoms with Gasteiger partial charge in [-0.15, -0.1) is 0 Å². The maximum Gasteiger partial charge on any atom is 0.256 e. The second-order valence-electron chi connectivity index (χ2n) is 5.87. The molecule has 0 atom stereocenters. The van der Waals surface area contributed by atoms with Crippen molar-refractivity contribution in [2.75, 3.05) is 11.9 Å². The van der Waals surface area contributed by atoms with E-state index in [9.17, 15) is 18.0 Å². The smallest absolute Gasteiger partial charge is 0.256 e. The summed E-state index contributed by atoms with van der Waals surface area (Å²) in [5.74, 6) is -0.500. The average Bonchev–Trinajstić information content (AvgIpc) is 3.09. The van der Waals surface area contributed by atoms with Crippen LogP contribution < -0.4 is 15.8 Å². The topological polar surface area (TPSA) is 134 Å². The van der Waals surface area contributed by atoms with Gasteiger partial charge in [-0.1, -0.05) is 0 Å². The molecule has 0 spiro atoms. The van der Waals surface area contributed by atoms with Crippen LogP contribution in [0.4, 0.5) is 5.69 Å². The number of aromatic nitrogens is 1. The Morgan fingerprint density at radius 2 is 1.92 bits per heavy atom. The molecule has 0 fully saturated rings. The predicted octanol–water partition coefficient (Wildman–Crippen LogP) is 0.441. The van der Waals surface area contributed by atoms with E-state index in [1.54, 1.807) is 12.3 Å². The second kappa shape index (κ2) is 5.30. The Morgan fingerprint density at radius 1 is 1.12 bits per heavy atom. The quantitative estimate of drug-likeness (QED) is 0.580. The number of sulfonamides is 1. The number of amides is 2. The van der Waals surface area contributed by atoms with Crippen LogP contribution in [0.2, 0.25) is 0 Å². The lowest BCUT2D eigenvalue weighted by molar-refractivity contribution is -0.110. The standard InChI is InChI=1S/C16H14N4O4S/c17-25(23,24)8-1-2-13-10(5-8)11(16(22)20-13)6-14-9-3-4-18-15(21)12(9)7-19-14/h1-2,5-7,19H,3-4H2,(H,18,21)(H,20,22)(H2,17,23,24). The van der Waals surface area contributed by atoms with Gasteiger partial charge in [0.2, 0.25) is 10.0 Å². The van der Waals surface area contributed by atoms with Crippen LogP contribution >= 0.6 is 0 Å². The Labute approximate surface area is 143 Å². The zero-order chi connectivity index (χ0) is 17.8. The van der Waals surface area contributed by atoms with Crippen molar-refractivity contribution in [1.82, 2.24) is 10.3 Å². The molecule has 0 unspecified atom stereocenters. The highest BCUT2D eigenvalue weighted by atomic mass is 32.2. The summed E-state index contributed by atoms with van der Waals surface area (Å²) in [6, 6.07) is 4.22. The van der Waals surface area contributed by atoms with Crippen LogP contribution in [-0.2, 0) is 21.2 Å². The van der Waals surface area contributed by atoms with Crippen LogP contribution in [0, 0.1) is 0 Å². The van der Waals surface area contributed by atoms with E-state index >= 15 is 0 Å². The SMILES string of the molecule is NS(=O)(=O)c1ccc2c(c1)C(=Cc1[nH]cc3c1CCNC3=O)C(=O)N2. The Hall–Kier alpha value is -2.91. The number of anilines is 1. The summed E-state index contributed by atoms with van der Waals surface area (Å²) >= 11 is 0. The minimum Gasteiger partial charge on any atom is -0.361 e. The number of carbonyl (C=O) groups excluding carboxylic acids is 2. The fourth-order valence-corrected chi connectivity index (χ4v) is 3.64. The number of H-pyrrole nitrogens is 1. The van der Waals surface area contributed by atoms with E-state index in [0.29, 0.717) is 41.0 Å². The van der Waals surface area contributed by atoms with E-state index in [1.165, 1.54) is 18.2 Å². The van der Waals surface area contributed by atoms with Crippen molar-refractivity contribution in [2.24, 2.45) is 5.14 Å². The highest BCUT2D eigenvalue weighted by Crippen LogP contribution is 2.35. The molecule has 5 N–H and O–H groups in total. The Morgan fingerprint density at radius 3 is 2.68 bits per heavy atom. The van der Waals surface area contributed by atoms with Crippen molar-refractivity contribution in [3.05, 3.63) is 46.8 Å². The largest absolute Gasteiger partial charge is 0.361 e. The van der Waals surface area contributed by atoms with E-state index < -0.39 is 10.0 Å². The first-order valence-electron chi connectivity index (χ1n) is 7.53. The summed E-state index contributed by atoms with van der Waals surface area (Å²) in [6.45, 7) is 0.526. The maximum absolute atomic E-state index is 12.3. The Kier molecular flexibility index (Phi) is 3.31. The molecule has 25 heavy (non-hydrogen) atoms. The molecule has 1 aromatic carbocycles. The molecule has 9 heteroatoms. The molecule has 0 saturated heterocycles. The molecule has 0 aliphatic carbocycles. The monoisotopic (exact) mass is 358 g/mol. The molecular weight excluding hydrogens is 344 g/mol. The van der Waals surface area contributed by atoms with Gasteiger partial charge in [0.05, 0.1) is 16.0 Å².